The van der Waals surface area contributed by atoms with Gasteiger partial charge in [0.25, 0.3) is 11.8 Å². The lowest BCUT2D eigenvalue weighted by molar-refractivity contribution is -0.123. The van der Waals surface area contributed by atoms with Crippen LogP contribution in [0.25, 0.3) is 0 Å². The van der Waals surface area contributed by atoms with E-state index in [1.165, 1.54) is 17.7 Å². The van der Waals surface area contributed by atoms with Crippen LogP contribution in [-0.4, -0.2) is 60.5 Å². The van der Waals surface area contributed by atoms with E-state index in [-0.39, 0.29) is 24.3 Å². The highest BCUT2D eigenvalue weighted by Gasteiger charge is 2.36. The summed E-state index contributed by atoms with van der Waals surface area (Å²) in [7, 11) is 1.54. The van der Waals surface area contributed by atoms with Crippen molar-refractivity contribution in [1.29, 1.82) is 0 Å². The molecule has 0 spiro atoms. The second-order valence-corrected chi connectivity index (χ2v) is 8.65. The number of hydrogen-bond donors (Lipinski definition) is 1. The summed E-state index contributed by atoms with van der Waals surface area (Å²) >= 11 is 0. The molecular formula is C24H26N4O5. The molecule has 1 saturated carbocycles. The van der Waals surface area contributed by atoms with Crippen LogP contribution in [0.15, 0.2) is 36.5 Å². The summed E-state index contributed by atoms with van der Waals surface area (Å²) in [6.45, 7) is 1.58. The number of nitrogens with one attached hydrogen (secondary N) is 1. The first-order valence-corrected chi connectivity index (χ1v) is 11.2. The second kappa shape index (κ2) is 8.73. The summed E-state index contributed by atoms with van der Waals surface area (Å²) in [5, 5.41) is 2.53. The summed E-state index contributed by atoms with van der Waals surface area (Å²) in [5.41, 5.74) is 2.03. The van der Waals surface area contributed by atoms with Gasteiger partial charge in [0.2, 0.25) is 11.8 Å². The number of aromatic nitrogens is 1. The molecule has 3 aliphatic rings. The number of hydrogen-bond acceptors (Lipinski definition) is 6. The first kappa shape index (κ1) is 21.2. The molecule has 1 aromatic carbocycles. The van der Waals surface area contributed by atoms with Crippen molar-refractivity contribution in [3.05, 3.63) is 47.7 Å². The van der Waals surface area contributed by atoms with E-state index in [2.05, 4.69) is 10.3 Å². The molecular weight excluding hydrogens is 424 g/mol. The predicted octanol–water partition coefficient (Wildman–Crippen LogP) is 1.76. The summed E-state index contributed by atoms with van der Waals surface area (Å²) in [6.07, 6.45) is 3.93. The molecule has 1 saturated heterocycles. The Hall–Kier alpha value is -3.62. The van der Waals surface area contributed by atoms with E-state index >= 15 is 0 Å². The van der Waals surface area contributed by atoms with E-state index in [0.29, 0.717) is 54.9 Å². The maximum atomic E-state index is 13.0. The van der Waals surface area contributed by atoms with Crippen LogP contribution < -0.4 is 19.7 Å². The molecule has 0 unspecified atom stereocenters. The van der Waals surface area contributed by atoms with Crippen molar-refractivity contribution >= 4 is 23.4 Å². The quantitative estimate of drug-likeness (QED) is 0.658. The lowest BCUT2D eigenvalue weighted by Crippen LogP contribution is -2.35. The summed E-state index contributed by atoms with van der Waals surface area (Å²) < 4.78 is 11.5. The first-order chi connectivity index (χ1) is 16.0. The lowest BCUT2D eigenvalue weighted by Gasteiger charge is -2.18. The summed E-state index contributed by atoms with van der Waals surface area (Å²) in [4.78, 5) is 44.8. The number of benzene rings is 1. The smallest absolute Gasteiger partial charge is 0.268 e. The molecule has 2 fully saturated rings. The number of anilines is 1. The highest BCUT2D eigenvalue weighted by atomic mass is 16.5. The number of carbonyl (C=O) groups excluding carboxylic acids is 3. The van der Waals surface area contributed by atoms with Crippen LogP contribution in [0.2, 0.25) is 0 Å². The molecule has 3 amide bonds. The minimum absolute atomic E-state index is 0.0103. The van der Waals surface area contributed by atoms with Crippen LogP contribution in [-0.2, 0) is 16.1 Å². The van der Waals surface area contributed by atoms with Gasteiger partial charge in [-0.3, -0.25) is 14.4 Å². The molecule has 1 aliphatic carbocycles. The fourth-order valence-corrected chi connectivity index (χ4v) is 4.09. The fourth-order valence-electron chi connectivity index (χ4n) is 4.09. The van der Waals surface area contributed by atoms with Crippen molar-refractivity contribution in [3.8, 4) is 11.6 Å². The fraction of sp³-hybridized carbons (Fsp3) is 0.417. The van der Waals surface area contributed by atoms with E-state index in [9.17, 15) is 14.4 Å². The van der Waals surface area contributed by atoms with Crippen molar-refractivity contribution in [2.75, 3.05) is 31.6 Å². The number of fused-ring (bicyclic) bond motifs is 1. The van der Waals surface area contributed by atoms with Gasteiger partial charge in [0.15, 0.2) is 6.10 Å². The molecule has 0 radical (unpaired) electrons. The standard InChI is InChI=1S/C24H26N4O5/c1-25-21(29)13-27-12-16-4-5-17(10-19(16)23(27)30)28-9-8-20(24(28)31)33-18-6-7-22(26-11-18)32-14-15-2-3-15/h4-7,10-11,15,20H,2-3,8-9,12-14H2,1H3,(H,25,29)/t20-/m1/s1. The third-order valence-electron chi connectivity index (χ3n) is 6.21. The van der Waals surface area contributed by atoms with Crippen LogP contribution in [0.5, 0.6) is 11.6 Å². The average molecular weight is 450 g/mol. The monoisotopic (exact) mass is 450 g/mol. The highest BCUT2D eigenvalue weighted by molar-refractivity contribution is 6.03. The molecule has 172 valence electrons. The van der Waals surface area contributed by atoms with Crippen molar-refractivity contribution in [1.82, 2.24) is 15.2 Å². The number of rotatable bonds is 8. The SMILES string of the molecule is CNC(=O)CN1Cc2ccc(N3CC[C@@H](Oc4ccc(OCC5CC5)nc4)C3=O)cc2C1=O. The molecule has 33 heavy (non-hydrogen) atoms. The molecule has 9 nitrogen and oxygen atoms in total. The van der Waals surface area contributed by atoms with Crippen LogP contribution in [0.4, 0.5) is 5.69 Å². The second-order valence-electron chi connectivity index (χ2n) is 8.65. The van der Waals surface area contributed by atoms with Gasteiger partial charge in [-0.2, -0.15) is 0 Å². The summed E-state index contributed by atoms with van der Waals surface area (Å²) in [5.74, 6) is 1.15. The van der Waals surface area contributed by atoms with Gasteiger partial charge in [-0.15, -0.1) is 0 Å². The molecule has 2 aliphatic heterocycles. The molecule has 5 rings (SSSR count). The van der Waals surface area contributed by atoms with E-state index in [1.807, 2.05) is 12.1 Å². The van der Waals surface area contributed by atoms with Crippen LogP contribution in [0, 0.1) is 5.92 Å². The Kier molecular flexibility index (Phi) is 5.62. The number of carbonyl (C=O) groups is 3. The number of ether oxygens (including phenoxy) is 2. The maximum absolute atomic E-state index is 13.0. The molecule has 0 bridgehead atoms. The molecule has 1 atom stereocenters. The van der Waals surface area contributed by atoms with Crippen molar-refractivity contribution in [3.63, 3.8) is 0 Å². The largest absolute Gasteiger partial charge is 0.479 e. The Balaban J connectivity index is 1.22. The van der Waals surface area contributed by atoms with Crippen LogP contribution >= 0.6 is 0 Å². The van der Waals surface area contributed by atoms with Crippen molar-refractivity contribution in [2.24, 2.45) is 5.92 Å². The van der Waals surface area contributed by atoms with Crippen molar-refractivity contribution in [2.45, 2.75) is 31.9 Å². The van der Waals surface area contributed by atoms with Gasteiger partial charge in [-0.1, -0.05) is 6.07 Å². The molecule has 1 aromatic heterocycles. The third-order valence-corrected chi connectivity index (χ3v) is 6.21. The van der Waals surface area contributed by atoms with Gasteiger partial charge in [-0.05, 0) is 42.5 Å². The number of likely N-dealkylation sites (N-methyl/N-ethyl adjacent to an activating group) is 1. The average Bonchev–Trinajstić information content (AvgIpc) is 3.53. The Morgan fingerprint density at radius 1 is 1.18 bits per heavy atom. The molecule has 9 heteroatoms. The van der Waals surface area contributed by atoms with Gasteiger partial charge in [-0.25, -0.2) is 4.98 Å². The molecule has 3 heterocycles. The Morgan fingerprint density at radius 2 is 2.03 bits per heavy atom. The van der Waals surface area contributed by atoms with Gasteiger partial charge < -0.3 is 24.6 Å². The zero-order valence-corrected chi connectivity index (χ0v) is 18.5. The minimum Gasteiger partial charge on any atom is -0.479 e. The Morgan fingerprint density at radius 3 is 2.76 bits per heavy atom. The Labute approximate surface area is 191 Å². The lowest BCUT2D eigenvalue weighted by atomic mass is 10.1. The topological polar surface area (TPSA) is 101 Å². The van der Waals surface area contributed by atoms with Gasteiger partial charge >= 0.3 is 0 Å². The van der Waals surface area contributed by atoms with Gasteiger partial charge in [0.05, 0.1) is 12.8 Å². The first-order valence-electron chi connectivity index (χ1n) is 11.2. The van der Waals surface area contributed by atoms with E-state index in [0.717, 1.165) is 5.56 Å². The molecule has 2 aromatic rings. The summed E-state index contributed by atoms with van der Waals surface area (Å²) in [6, 6.07) is 8.93. The zero-order valence-electron chi connectivity index (χ0n) is 18.5. The van der Waals surface area contributed by atoms with Crippen LogP contribution in [0.3, 0.4) is 0 Å². The number of pyridine rings is 1. The van der Waals surface area contributed by atoms with E-state index in [1.54, 1.807) is 36.3 Å². The molecule has 1 N–H and O–H groups in total. The van der Waals surface area contributed by atoms with Gasteiger partial charge in [0, 0.05) is 43.9 Å². The van der Waals surface area contributed by atoms with Gasteiger partial charge in [0.1, 0.15) is 12.3 Å². The maximum Gasteiger partial charge on any atom is 0.268 e. The minimum atomic E-state index is -0.612. The Bertz CT molecular complexity index is 1080. The van der Waals surface area contributed by atoms with E-state index in [4.69, 9.17) is 9.47 Å². The predicted molar refractivity (Wildman–Crippen MR) is 119 cm³/mol. The highest BCUT2D eigenvalue weighted by Crippen LogP contribution is 2.31. The zero-order chi connectivity index (χ0) is 22.9. The number of nitrogens with zero attached hydrogens (tertiary/aromatic N) is 3. The van der Waals surface area contributed by atoms with Crippen molar-refractivity contribution < 1.29 is 23.9 Å². The van der Waals surface area contributed by atoms with Crippen LogP contribution in [0.1, 0.15) is 35.2 Å². The third kappa shape index (κ3) is 4.48. The number of amides is 3. The normalized spacial score (nSPS) is 19.6. The van der Waals surface area contributed by atoms with E-state index < -0.39 is 6.10 Å².